The molecule has 64 valence electrons. The maximum atomic E-state index is 5.95. The van der Waals surface area contributed by atoms with Gasteiger partial charge in [0.2, 0.25) is 0 Å². The van der Waals surface area contributed by atoms with Crippen molar-refractivity contribution in [2.45, 2.75) is 25.3 Å². The molecule has 2 nitrogen and oxygen atoms in total. The minimum Gasteiger partial charge on any atom is -0.324 e. The van der Waals surface area contributed by atoms with Crippen LogP contribution in [0.4, 0.5) is 0 Å². The van der Waals surface area contributed by atoms with E-state index in [1.807, 2.05) is 6.20 Å². The fraction of sp³-hybridized carbons (Fsp3) is 0.444. The third kappa shape index (κ3) is 1.39. The predicted molar refractivity (Wildman–Crippen MR) is 51.8 cm³/mol. The van der Waals surface area contributed by atoms with E-state index in [4.69, 9.17) is 5.73 Å². The largest absolute Gasteiger partial charge is 0.324 e. The summed E-state index contributed by atoms with van der Waals surface area (Å²) in [6.45, 7) is 0. The summed E-state index contributed by atoms with van der Waals surface area (Å²) in [5.74, 6) is 0. The maximum absolute atomic E-state index is 5.95. The second kappa shape index (κ2) is 3.15. The Bertz CT molecular complexity index is 299. The molecular weight excluding hydrogens is 216 g/mol. The van der Waals surface area contributed by atoms with Gasteiger partial charge < -0.3 is 5.73 Å². The summed E-state index contributed by atoms with van der Waals surface area (Å²) >= 11 is 3.40. The standard InChI is InChI=1S/C9H11BrN2/c10-6-4-7-8(11)2-1-3-9(7)12-5-6/h4-5,8H,1-3,11H2/t8-/m0/s1. The molecule has 1 aliphatic rings. The molecule has 0 bridgehead atoms. The number of halogens is 1. The van der Waals surface area contributed by atoms with E-state index in [2.05, 4.69) is 27.0 Å². The molecule has 1 heterocycles. The molecule has 1 atom stereocenters. The molecule has 0 spiro atoms. The highest BCUT2D eigenvalue weighted by Gasteiger charge is 2.17. The van der Waals surface area contributed by atoms with Gasteiger partial charge in [-0.3, -0.25) is 4.98 Å². The van der Waals surface area contributed by atoms with Crippen LogP contribution in [0.3, 0.4) is 0 Å². The van der Waals surface area contributed by atoms with Crippen molar-refractivity contribution in [1.82, 2.24) is 4.98 Å². The molecular formula is C9H11BrN2. The average molecular weight is 227 g/mol. The molecule has 0 fully saturated rings. The van der Waals surface area contributed by atoms with Gasteiger partial charge in [0.1, 0.15) is 0 Å². The first-order valence-corrected chi connectivity index (χ1v) is 4.96. The first kappa shape index (κ1) is 8.20. The fourth-order valence-corrected chi connectivity index (χ4v) is 2.01. The average Bonchev–Trinajstić information content (AvgIpc) is 2.07. The molecule has 0 saturated heterocycles. The summed E-state index contributed by atoms with van der Waals surface area (Å²) in [6.07, 6.45) is 5.18. The van der Waals surface area contributed by atoms with Gasteiger partial charge in [-0.15, -0.1) is 0 Å². The van der Waals surface area contributed by atoms with E-state index in [9.17, 15) is 0 Å². The molecule has 1 aromatic heterocycles. The number of rotatable bonds is 0. The van der Waals surface area contributed by atoms with Crippen LogP contribution in [-0.2, 0) is 6.42 Å². The number of aromatic nitrogens is 1. The van der Waals surface area contributed by atoms with Gasteiger partial charge in [-0.25, -0.2) is 0 Å². The molecule has 3 heteroatoms. The molecule has 0 amide bonds. The number of hydrogen-bond acceptors (Lipinski definition) is 2. The third-order valence-corrected chi connectivity index (χ3v) is 2.73. The topological polar surface area (TPSA) is 38.9 Å². The van der Waals surface area contributed by atoms with Crippen LogP contribution < -0.4 is 5.73 Å². The number of nitrogens with two attached hydrogens (primary N) is 1. The lowest BCUT2D eigenvalue weighted by molar-refractivity contribution is 0.559. The molecule has 0 aliphatic heterocycles. The van der Waals surface area contributed by atoms with E-state index >= 15 is 0 Å². The SMILES string of the molecule is N[C@H]1CCCc2ncc(Br)cc21. The Kier molecular flexibility index (Phi) is 2.15. The third-order valence-electron chi connectivity index (χ3n) is 2.30. The Morgan fingerprint density at radius 1 is 1.58 bits per heavy atom. The van der Waals surface area contributed by atoms with Crippen molar-refractivity contribution in [2.24, 2.45) is 5.73 Å². The Morgan fingerprint density at radius 2 is 2.42 bits per heavy atom. The molecule has 12 heavy (non-hydrogen) atoms. The smallest absolute Gasteiger partial charge is 0.0452 e. The van der Waals surface area contributed by atoms with Gasteiger partial charge in [-0.2, -0.15) is 0 Å². The lowest BCUT2D eigenvalue weighted by Crippen LogP contribution is -2.18. The van der Waals surface area contributed by atoms with Crippen molar-refractivity contribution >= 4 is 15.9 Å². The molecule has 2 rings (SSSR count). The first-order valence-electron chi connectivity index (χ1n) is 4.17. The quantitative estimate of drug-likeness (QED) is 0.737. The Morgan fingerprint density at radius 3 is 3.25 bits per heavy atom. The van der Waals surface area contributed by atoms with Crippen LogP contribution in [0.1, 0.15) is 30.1 Å². The predicted octanol–water partition coefficient (Wildman–Crippen LogP) is 2.18. The molecule has 1 aromatic rings. The van der Waals surface area contributed by atoms with Gasteiger partial charge in [0.05, 0.1) is 0 Å². The molecule has 0 saturated carbocycles. The first-order chi connectivity index (χ1) is 5.77. The lowest BCUT2D eigenvalue weighted by Gasteiger charge is -2.20. The van der Waals surface area contributed by atoms with Crippen molar-refractivity contribution in [2.75, 3.05) is 0 Å². The van der Waals surface area contributed by atoms with E-state index in [-0.39, 0.29) is 6.04 Å². The number of nitrogens with zero attached hydrogens (tertiary/aromatic N) is 1. The van der Waals surface area contributed by atoms with Gasteiger partial charge in [-0.1, -0.05) is 0 Å². The second-order valence-corrected chi connectivity index (χ2v) is 4.10. The minimum atomic E-state index is 0.193. The summed E-state index contributed by atoms with van der Waals surface area (Å²) < 4.78 is 1.03. The highest BCUT2D eigenvalue weighted by molar-refractivity contribution is 9.10. The van der Waals surface area contributed by atoms with Crippen LogP contribution in [0.5, 0.6) is 0 Å². The summed E-state index contributed by atoms with van der Waals surface area (Å²) in [4.78, 5) is 4.34. The maximum Gasteiger partial charge on any atom is 0.0452 e. The minimum absolute atomic E-state index is 0.193. The summed E-state index contributed by atoms with van der Waals surface area (Å²) in [5.41, 5.74) is 8.35. The van der Waals surface area contributed by atoms with Crippen molar-refractivity contribution in [3.63, 3.8) is 0 Å². The zero-order valence-electron chi connectivity index (χ0n) is 6.76. The molecule has 2 N–H and O–H groups in total. The Balaban J connectivity index is 2.47. The van der Waals surface area contributed by atoms with Gasteiger partial charge in [0, 0.05) is 22.4 Å². The summed E-state index contributed by atoms with van der Waals surface area (Å²) in [6, 6.07) is 2.28. The molecule has 0 radical (unpaired) electrons. The molecule has 0 unspecified atom stereocenters. The van der Waals surface area contributed by atoms with Gasteiger partial charge in [0.25, 0.3) is 0 Å². The van der Waals surface area contributed by atoms with E-state index in [1.165, 1.54) is 17.7 Å². The zero-order chi connectivity index (χ0) is 8.55. The molecule has 1 aliphatic carbocycles. The van der Waals surface area contributed by atoms with Crippen LogP contribution in [-0.4, -0.2) is 4.98 Å². The fourth-order valence-electron chi connectivity index (χ4n) is 1.66. The highest BCUT2D eigenvalue weighted by Crippen LogP contribution is 2.28. The van der Waals surface area contributed by atoms with E-state index in [0.29, 0.717) is 0 Å². The lowest BCUT2D eigenvalue weighted by atomic mass is 9.92. The second-order valence-electron chi connectivity index (χ2n) is 3.19. The zero-order valence-corrected chi connectivity index (χ0v) is 8.34. The van der Waals surface area contributed by atoms with Crippen molar-refractivity contribution < 1.29 is 0 Å². The normalized spacial score (nSPS) is 22.0. The summed E-state index contributed by atoms with van der Waals surface area (Å²) in [7, 11) is 0. The highest BCUT2D eigenvalue weighted by atomic mass is 79.9. The van der Waals surface area contributed by atoms with Crippen molar-refractivity contribution in [3.05, 3.63) is 28.0 Å². The number of pyridine rings is 1. The summed E-state index contributed by atoms with van der Waals surface area (Å²) in [5, 5.41) is 0. The van der Waals surface area contributed by atoms with Gasteiger partial charge >= 0.3 is 0 Å². The molecule has 0 aromatic carbocycles. The number of hydrogen-bond donors (Lipinski definition) is 1. The van der Waals surface area contributed by atoms with E-state index in [0.717, 1.165) is 17.3 Å². The van der Waals surface area contributed by atoms with Crippen molar-refractivity contribution in [1.29, 1.82) is 0 Å². The van der Waals surface area contributed by atoms with Crippen molar-refractivity contribution in [3.8, 4) is 0 Å². The van der Waals surface area contributed by atoms with Gasteiger partial charge in [-0.05, 0) is 46.8 Å². The Labute approximate surface area is 80.3 Å². The van der Waals surface area contributed by atoms with Crippen LogP contribution in [0, 0.1) is 0 Å². The van der Waals surface area contributed by atoms with E-state index < -0.39 is 0 Å². The number of aryl methyl sites for hydroxylation is 1. The van der Waals surface area contributed by atoms with Gasteiger partial charge in [0.15, 0.2) is 0 Å². The van der Waals surface area contributed by atoms with E-state index in [1.54, 1.807) is 0 Å². The van der Waals surface area contributed by atoms with Crippen LogP contribution >= 0.6 is 15.9 Å². The monoisotopic (exact) mass is 226 g/mol. The Hall–Kier alpha value is -0.410. The van der Waals surface area contributed by atoms with Crippen LogP contribution in [0.15, 0.2) is 16.7 Å². The van der Waals surface area contributed by atoms with Crippen LogP contribution in [0.2, 0.25) is 0 Å². The number of fused-ring (bicyclic) bond motifs is 1. The van der Waals surface area contributed by atoms with Crippen LogP contribution in [0.25, 0.3) is 0 Å².